The second-order valence-corrected chi connectivity index (χ2v) is 5.29. The van der Waals surface area contributed by atoms with Crippen LogP contribution in [0.3, 0.4) is 0 Å². The van der Waals surface area contributed by atoms with Gasteiger partial charge in [0.05, 0.1) is 0 Å². The van der Waals surface area contributed by atoms with Gasteiger partial charge in [-0.3, -0.25) is 0 Å². The van der Waals surface area contributed by atoms with Crippen molar-refractivity contribution in [2.45, 2.75) is 46.1 Å². The summed E-state index contributed by atoms with van der Waals surface area (Å²) in [4.78, 5) is 0. The van der Waals surface area contributed by atoms with Crippen LogP contribution in [0, 0.1) is 11.7 Å². The maximum atomic E-state index is 13.3. The molecule has 18 heavy (non-hydrogen) atoms. The summed E-state index contributed by atoms with van der Waals surface area (Å²) in [6.07, 6.45) is 2.99. The van der Waals surface area contributed by atoms with Gasteiger partial charge in [0.25, 0.3) is 0 Å². The van der Waals surface area contributed by atoms with Crippen LogP contribution >= 0.6 is 11.6 Å². The fourth-order valence-corrected chi connectivity index (χ4v) is 2.22. The van der Waals surface area contributed by atoms with Crippen molar-refractivity contribution in [1.82, 2.24) is 5.32 Å². The maximum Gasteiger partial charge on any atom is 0.123 e. The maximum absolute atomic E-state index is 13.3. The molecule has 1 aromatic rings. The van der Waals surface area contributed by atoms with Crippen LogP contribution in [0.5, 0.6) is 0 Å². The van der Waals surface area contributed by atoms with E-state index >= 15 is 0 Å². The highest BCUT2D eigenvalue weighted by Crippen LogP contribution is 2.21. The molecular weight excluding hydrogens is 249 g/mol. The minimum Gasteiger partial charge on any atom is -0.313 e. The molecule has 0 saturated carbocycles. The molecule has 1 N–H and O–H groups in total. The lowest BCUT2D eigenvalue weighted by Crippen LogP contribution is -2.37. The molecule has 0 bridgehead atoms. The molecule has 0 amide bonds. The third-order valence-electron chi connectivity index (χ3n) is 3.43. The first kappa shape index (κ1) is 15.5. The van der Waals surface area contributed by atoms with Crippen molar-refractivity contribution >= 4 is 11.6 Å². The Morgan fingerprint density at radius 2 is 2.06 bits per heavy atom. The minimum atomic E-state index is -0.215. The predicted molar refractivity (Wildman–Crippen MR) is 76.7 cm³/mol. The van der Waals surface area contributed by atoms with Crippen molar-refractivity contribution in [2.24, 2.45) is 5.92 Å². The van der Waals surface area contributed by atoms with E-state index in [-0.39, 0.29) is 5.82 Å². The molecule has 0 spiro atoms. The molecule has 0 fully saturated rings. The van der Waals surface area contributed by atoms with E-state index in [1.807, 2.05) is 0 Å². The first-order valence-electron chi connectivity index (χ1n) is 6.75. The van der Waals surface area contributed by atoms with Gasteiger partial charge in [0.1, 0.15) is 5.82 Å². The number of rotatable bonds is 7. The van der Waals surface area contributed by atoms with Gasteiger partial charge in [-0.05, 0) is 49.1 Å². The van der Waals surface area contributed by atoms with Crippen molar-refractivity contribution in [3.63, 3.8) is 0 Å². The van der Waals surface area contributed by atoms with Crippen LogP contribution in [0.4, 0.5) is 4.39 Å². The Morgan fingerprint density at radius 1 is 1.33 bits per heavy atom. The lowest BCUT2D eigenvalue weighted by Gasteiger charge is -2.25. The standard InChI is InChI=1S/C15H23ClFN/c1-4-8-18-15(11(3)5-2)10-12-9-13(17)6-7-14(12)16/h6-7,9,11,15,18H,4-5,8,10H2,1-3H3. The number of halogens is 2. The Kier molecular flexibility index (Phi) is 6.66. The van der Waals surface area contributed by atoms with Crippen molar-refractivity contribution < 1.29 is 4.39 Å². The Morgan fingerprint density at radius 3 is 2.67 bits per heavy atom. The fourth-order valence-electron chi connectivity index (χ4n) is 2.03. The van der Waals surface area contributed by atoms with Gasteiger partial charge >= 0.3 is 0 Å². The van der Waals surface area contributed by atoms with Gasteiger partial charge in [-0.15, -0.1) is 0 Å². The first-order chi connectivity index (χ1) is 8.58. The summed E-state index contributed by atoms with van der Waals surface area (Å²) in [6, 6.07) is 4.95. The summed E-state index contributed by atoms with van der Waals surface area (Å²) < 4.78 is 13.3. The SMILES string of the molecule is CCCNC(Cc1cc(F)ccc1Cl)C(C)CC. The van der Waals surface area contributed by atoms with Gasteiger partial charge < -0.3 is 5.32 Å². The van der Waals surface area contributed by atoms with Crippen LogP contribution in [0.15, 0.2) is 18.2 Å². The lowest BCUT2D eigenvalue weighted by atomic mass is 9.93. The molecule has 1 aromatic carbocycles. The fraction of sp³-hybridized carbons (Fsp3) is 0.600. The molecule has 1 nitrogen and oxygen atoms in total. The second-order valence-electron chi connectivity index (χ2n) is 4.89. The van der Waals surface area contributed by atoms with Crippen LogP contribution in [0.2, 0.25) is 5.02 Å². The predicted octanol–water partition coefficient (Wildman–Crippen LogP) is 4.44. The van der Waals surface area contributed by atoms with E-state index < -0.39 is 0 Å². The third kappa shape index (κ3) is 4.58. The summed E-state index contributed by atoms with van der Waals surface area (Å²) >= 11 is 6.13. The van der Waals surface area contributed by atoms with Gasteiger partial charge in [-0.1, -0.05) is 38.8 Å². The zero-order valence-corrected chi connectivity index (χ0v) is 12.2. The van der Waals surface area contributed by atoms with E-state index in [9.17, 15) is 4.39 Å². The number of nitrogens with one attached hydrogen (secondary N) is 1. The average Bonchev–Trinajstić information content (AvgIpc) is 2.37. The Labute approximate surface area is 115 Å². The molecule has 102 valence electrons. The van der Waals surface area contributed by atoms with E-state index in [4.69, 9.17) is 11.6 Å². The topological polar surface area (TPSA) is 12.0 Å². The van der Waals surface area contributed by atoms with E-state index in [0.717, 1.165) is 31.4 Å². The van der Waals surface area contributed by atoms with E-state index in [1.54, 1.807) is 12.1 Å². The van der Waals surface area contributed by atoms with E-state index in [1.165, 1.54) is 6.07 Å². The number of benzene rings is 1. The summed E-state index contributed by atoms with van der Waals surface area (Å²) in [5.41, 5.74) is 0.894. The zero-order valence-electron chi connectivity index (χ0n) is 11.5. The normalized spacial score (nSPS) is 14.5. The Balaban J connectivity index is 2.77. The van der Waals surface area contributed by atoms with Crippen molar-refractivity contribution in [3.8, 4) is 0 Å². The Hall–Kier alpha value is -0.600. The van der Waals surface area contributed by atoms with Crippen molar-refractivity contribution in [3.05, 3.63) is 34.6 Å². The first-order valence-corrected chi connectivity index (χ1v) is 7.13. The molecule has 0 aliphatic carbocycles. The third-order valence-corrected chi connectivity index (χ3v) is 3.80. The molecule has 0 aromatic heterocycles. The largest absolute Gasteiger partial charge is 0.313 e. The van der Waals surface area contributed by atoms with Crippen molar-refractivity contribution in [2.75, 3.05) is 6.54 Å². The van der Waals surface area contributed by atoms with Crippen LogP contribution in [0.25, 0.3) is 0 Å². The van der Waals surface area contributed by atoms with Gasteiger partial charge in [0.15, 0.2) is 0 Å². The highest BCUT2D eigenvalue weighted by atomic mass is 35.5. The molecule has 0 heterocycles. The molecule has 1 rings (SSSR count). The molecule has 0 aliphatic rings. The smallest absolute Gasteiger partial charge is 0.123 e. The average molecular weight is 272 g/mol. The van der Waals surface area contributed by atoms with Gasteiger partial charge in [-0.25, -0.2) is 4.39 Å². The van der Waals surface area contributed by atoms with Gasteiger partial charge in [0, 0.05) is 11.1 Å². The molecule has 0 saturated heterocycles. The van der Waals surface area contributed by atoms with Crippen LogP contribution in [0.1, 0.15) is 39.2 Å². The van der Waals surface area contributed by atoms with Crippen LogP contribution in [-0.4, -0.2) is 12.6 Å². The summed E-state index contributed by atoms with van der Waals surface area (Å²) in [5, 5.41) is 4.19. The van der Waals surface area contributed by atoms with Gasteiger partial charge in [0.2, 0.25) is 0 Å². The van der Waals surface area contributed by atoms with E-state index in [2.05, 4.69) is 26.1 Å². The van der Waals surface area contributed by atoms with E-state index in [0.29, 0.717) is 17.0 Å². The molecule has 2 atom stereocenters. The lowest BCUT2D eigenvalue weighted by molar-refractivity contribution is 0.364. The quantitative estimate of drug-likeness (QED) is 0.773. The minimum absolute atomic E-state index is 0.215. The summed E-state index contributed by atoms with van der Waals surface area (Å²) in [7, 11) is 0. The van der Waals surface area contributed by atoms with Crippen LogP contribution in [-0.2, 0) is 6.42 Å². The molecule has 0 aliphatic heterocycles. The summed E-state index contributed by atoms with van der Waals surface area (Å²) in [5.74, 6) is 0.337. The zero-order chi connectivity index (χ0) is 13.5. The number of hydrogen-bond donors (Lipinski definition) is 1. The summed E-state index contributed by atoms with van der Waals surface area (Å²) in [6.45, 7) is 7.54. The molecular formula is C15H23ClFN. The van der Waals surface area contributed by atoms with Crippen molar-refractivity contribution in [1.29, 1.82) is 0 Å². The molecule has 3 heteroatoms. The Bertz CT molecular complexity index is 368. The molecule has 2 unspecified atom stereocenters. The highest BCUT2D eigenvalue weighted by Gasteiger charge is 2.17. The second kappa shape index (κ2) is 7.75. The van der Waals surface area contributed by atoms with Crippen LogP contribution < -0.4 is 5.32 Å². The number of hydrogen-bond acceptors (Lipinski definition) is 1. The van der Waals surface area contributed by atoms with Gasteiger partial charge in [-0.2, -0.15) is 0 Å². The molecule has 0 radical (unpaired) electrons. The highest BCUT2D eigenvalue weighted by molar-refractivity contribution is 6.31. The monoisotopic (exact) mass is 271 g/mol.